The highest BCUT2D eigenvalue weighted by atomic mass is 16.4. The minimum Gasteiger partial charge on any atom is -0.464 e. The maximum absolute atomic E-state index is 10.2. The Morgan fingerprint density at radius 1 is 1.67 bits per heavy atom. The third-order valence-electron chi connectivity index (χ3n) is 2.07. The van der Waals surface area contributed by atoms with Gasteiger partial charge in [-0.15, -0.1) is 0 Å². The van der Waals surface area contributed by atoms with E-state index in [1.165, 1.54) is 0 Å². The van der Waals surface area contributed by atoms with Crippen LogP contribution in [-0.2, 0) is 0 Å². The number of hydrazine groups is 1. The van der Waals surface area contributed by atoms with Gasteiger partial charge in [-0.25, -0.2) is 10.2 Å². The molecule has 70 valence electrons. The summed E-state index contributed by atoms with van der Waals surface area (Å²) in [4.78, 5) is 10.2. The fourth-order valence-electron chi connectivity index (χ4n) is 1.37. The normalized spacial score (nSPS) is 29.8. The van der Waals surface area contributed by atoms with Crippen LogP contribution >= 0.6 is 0 Å². The molecule has 1 unspecified atom stereocenters. The first-order valence-electron chi connectivity index (χ1n) is 4.09. The van der Waals surface area contributed by atoms with Crippen molar-refractivity contribution >= 4 is 6.09 Å². The van der Waals surface area contributed by atoms with Crippen LogP contribution < -0.4 is 16.2 Å². The Hall–Kier alpha value is -0.810. The number of nitrogens with one attached hydrogen (secondary N) is 3. The average Bonchev–Trinajstić information content (AvgIpc) is 2.03. The number of carbonyl (C=O) groups is 1. The Labute approximate surface area is 71.5 Å². The fraction of sp³-hybridized carbons (Fsp3) is 0.857. The first-order valence-corrected chi connectivity index (χ1v) is 4.09. The lowest BCUT2D eigenvalue weighted by Gasteiger charge is -2.34. The molecular formula is C7H15N3O2. The molecule has 1 saturated heterocycles. The van der Waals surface area contributed by atoms with Gasteiger partial charge in [0.25, 0.3) is 0 Å². The Morgan fingerprint density at radius 2 is 2.42 bits per heavy atom. The monoisotopic (exact) mass is 173 g/mol. The molecule has 1 amide bonds. The van der Waals surface area contributed by atoms with E-state index in [1.807, 2.05) is 6.92 Å². The number of piperidine rings is 1. The molecule has 0 saturated carbocycles. The number of hydrogen-bond donors (Lipinski definition) is 4. The molecule has 5 heteroatoms. The SMILES string of the molecule is CC1(NNC(=O)O)CCCNC1. The van der Waals surface area contributed by atoms with Gasteiger partial charge < -0.3 is 10.4 Å². The van der Waals surface area contributed by atoms with Crippen LogP contribution in [0.2, 0.25) is 0 Å². The molecule has 5 nitrogen and oxygen atoms in total. The van der Waals surface area contributed by atoms with E-state index < -0.39 is 6.09 Å². The molecule has 0 aromatic carbocycles. The minimum atomic E-state index is -1.04. The van der Waals surface area contributed by atoms with Gasteiger partial charge in [-0.2, -0.15) is 0 Å². The van der Waals surface area contributed by atoms with Gasteiger partial charge in [0.15, 0.2) is 0 Å². The Bertz CT molecular complexity index is 166. The molecule has 1 aliphatic rings. The Balaban J connectivity index is 2.31. The van der Waals surface area contributed by atoms with Gasteiger partial charge in [-0.1, -0.05) is 0 Å². The van der Waals surface area contributed by atoms with Gasteiger partial charge >= 0.3 is 6.09 Å². The van der Waals surface area contributed by atoms with Crippen LogP contribution in [0.5, 0.6) is 0 Å². The van der Waals surface area contributed by atoms with Crippen molar-refractivity contribution in [2.24, 2.45) is 0 Å². The van der Waals surface area contributed by atoms with E-state index in [4.69, 9.17) is 5.11 Å². The summed E-state index contributed by atoms with van der Waals surface area (Å²) in [6.07, 6.45) is 1.02. The quantitative estimate of drug-likeness (QED) is 0.440. The van der Waals surface area contributed by atoms with Crippen LogP contribution in [0, 0.1) is 0 Å². The van der Waals surface area contributed by atoms with E-state index in [9.17, 15) is 4.79 Å². The van der Waals surface area contributed by atoms with Crippen LogP contribution in [0.1, 0.15) is 19.8 Å². The molecule has 1 heterocycles. The van der Waals surface area contributed by atoms with Gasteiger partial charge in [0.1, 0.15) is 0 Å². The van der Waals surface area contributed by atoms with Crippen molar-refractivity contribution < 1.29 is 9.90 Å². The van der Waals surface area contributed by atoms with Crippen molar-refractivity contribution in [3.05, 3.63) is 0 Å². The zero-order valence-corrected chi connectivity index (χ0v) is 7.18. The zero-order valence-electron chi connectivity index (χ0n) is 7.18. The molecule has 0 radical (unpaired) electrons. The lowest BCUT2D eigenvalue weighted by Crippen LogP contribution is -2.59. The molecule has 0 bridgehead atoms. The summed E-state index contributed by atoms with van der Waals surface area (Å²) in [5, 5.41) is 11.6. The van der Waals surface area contributed by atoms with Crippen molar-refractivity contribution in [1.29, 1.82) is 0 Å². The maximum Gasteiger partial charge on any atom is 0.419 e. The minimum absolute atomic E-state index is 0.142. The molecule has 1 atom stereocenters. The second-order valence-corrected chi connectivity index (χ2v) is 3.40. The second-order valence-electron chi connectivity index (χ2n) is 3.40. The molecule has 0 aromatic heterocycles. The first-order chi connectivity index (χ1) is 5.62. The van der Waals surface area contributed by atoms with Gasteiger partial charge in [-0.05, 0) is 26.3 Å². The van der Waals surface area contributed by atoms with Crippen molar-refractivity contribution in [3.63, 3.8) is 0 Å². The first kappa shape index (κ1) is 9.28. The average molecular weight is 173 g/mol. The smallest absolute Gasteiger partial charge is 0.419 e. The Kier molecular flexibility index (Phi) is 2.88. The molecular weight excluding hydrogens is 158 g/mol. The van der Waals surface area contributed by atoms with E-state index in [-0.39, 0.29) is 5.54 Å². The molecule has 4 N–H and O–H groups in total. The van der Waals surface area contributed by atoms with Crippen LogP contribution in [-0.4, -0.2) is 29.8 Å². The summed E-state index contributed by atoms with van der Waals surface area (Å²) in [6.45, 7) is 3.81. The van der Waals surface area contributed by atoms with Gasteiger partial charge in [0, 0.05) is 12.1 Å². The largest absolute Gasteiger partial charge is 0.464 e. The van der Waals surface area contributed by atoms with Crippen LogP contribution in [0.25, 0.3) is 0 Å². The van der Waals surface area contributed by atoms with Crippen LogP contribution in [0.15, 0.2) is 0 Å². The summed E-state index contributed by atoms with van der Waals surface area (Å²) in [5.74, 6) is 0. The molecule has 0 aromatic rings. The molecule has 1 rings (SSSR count). The number of carboxylic acid groups (broad SMARTS) is 1. The lowest BCUT2D eigenvalue weighted by molar-refractivity contribution is 0.171. The van der Waals surface area contributed by atoms with E-state index in [0.717, 1.165) is 25.9 Å². The molecule has 0 aliphatic carbocycles. The molecule has 12 heavy (non-hydrogen) atoms. The maximum atomic E-state index is 10.2. The van der Waals surface area contributed by atoms with Crippen molar-refractivity contribution in [2.45, 2.75) is 25.3 Å². The highest BCUT2D eigenvalue weighted by molar-refractivity contribution is 5.63. The number of amides is 1. The summed E-state index contributed by atoms with van der Waals surface area (Å²) in [7, 11) is 0. The zero-order chi connectivity index (χ0) is 9.03. The van der Waals surface area contributed by atoms with Crippen LogP contribution in [0.3, 0.4) is 0 Å². The third kappa shape index (κ3) is 2.67. The summed E-state index contributed by atoms with van der Waals surface area (Å²) in [5.41, 5.74) is 4.83. The topological polar surface area (TPSA) is 73.4 Å². The molecule has 1 aliphatic heterocycles. The van der Waals surface area contributed by atoms with Gasteiger partial charge in [0.05, 0.1) is 0 Å². The lowest BCUT2D eigenvalue weighted by atomic mass is 9.93. The highest BCUT2D eigenvalue weighted by Crippen LogP contribution is 2.13. The summed E-state index contributed by atoms with van der Waals surface area (Å²) < 4.78 is 0. The molecule has 0 spiro atoms. The molecule has 1 fully saturated rings. The van der Waals surface area contributed by atoms with Crippen molar-refractivity contribution in [3.8, 4) is 0 Å². The van der Waals surface area contributed by atoms with Crippen LogP contribution in [0.4, 0.5) is 4.79 Å². The summed E-state index contributed by atoms with van der Waals surface area (Å²) >= 11 is 0. The number of hydrogen-bond acceptors (Lipinski definition) is 3. The van der Waals surface area contributed by atoms with E-state index in [2.05, 4.69) is 16.2 Å². The summed E-state index contributed by atoms with van der Waals surface area (Å²) in [6, 6.07) is 0. The van der Waals surface area contributed by atoms with E-state index in [0.29, 0.717) is 0 Å². The predicted octanol–water partition coefficient (Wildman–Crippen LogP) is -0.0993. The highest BCUT2D eigenvalue weighted by Gasteiger charge is 2.26. The van der Waals surface area contributed by atoms with Crippen molar-refractivity contribution in [1.82, 2.24) is 16.2 Å². The second kappa shape index (κ2) is 3.73. The third-order valence-corrected chi connectivity index (χ3v) is 2.07. The standard InChI is InChI=1S/C7H15N3O2/c1-7(10-9-6(11)12)3-2-4-8-5-7/h8-10H,2-5H2,1H3,(H,11,12). The van der Waals surface area contributed by atoms with Crippen molar-refractivity contribution in [2.75, 3.05) is 13.1 Å². The fourth-order valence-corrected chi connectivity index (χ4v) is 1.37. The number of rotatable bonds is 2. The van der Waals surface area contributed by atoms with Gasteiger partial charge in [0.2, 0.25) is 0 Å². The predicted molar refractivity (Wildman–Crippen MR) is 44.8 cm³/mol. The van der Waals surface area contributed by atoms with E-state index in [1.54, 1.807) is 0 Å². The van der Waals surface area contributed by atoms with E-state index >= 15 is 0 Å². The van der Waals surface area contributed by atoms with Gasteiger partial charge in [-0.3, -0.25) is 5.43 Å². The Morgan fingerprint density at radius 3 is 2.92 bits per heavy atom.